The first-order valence-electron chi connectivity index (χ1n) is 8.19. The number of anilines is 1. The molecule has 1 unspecified atom stereocenters. The molecule has 0 aromatic carbocycles. The lowest BCUT2D eigenvalue weighted by Gasteiger charge is -2.33. The van der Waals surface area contributed by atoms with Gasteiger partial charge < -0.3 is 16.0 Å². The highest BCUT2D eigenvalue weighted by Crippen LogP contribution is 2.26. The molecule has 8 nitrogen and oxygen atoms in total. The van der Waals surface area contributed by atoms with E-state index in [1.165, 1.54) is 18.4 Å². The van der Waals surface area contributed by atoms with E-state index in [-0.39, 0.29) is 36.1 Å². The molecule has 2 rings (SSSR count). The number of piperazine rings is 1. The summed E-state index contributed by atoms with van der Waals surface area (Å²) in [7, 11) is 1.52. The number of nitrogens with zero attached hydrogens (tertiary/aromatic N) is 2. The van der Waals surface area contributed by atoms with Gasteiger partial charge in [0.15, 0.2) is 5.13 Å². The van der Waals surface area contributed by atoms with Crippen LogP contribution in [0, 0.1) is 0 Å². The van der Waals surface area contributed by atoms with Crippen LogP contribution in [-0.4, -0.2) is 60.3 Å². The van der Waals surface area contributed by atoms with Crippen LogP contribution in [0.4, 0.5) is 5.13 Å². The fourth-order valence-corrected chi connectivity index (χ4v) is 3.42. The number of carbonyl (C=O) groups excluding carboxylic acids is 3. The quantitative estimate of drug-likeness (QED) is 0.695. The van der Waals surface area contributed by atoms with Crippen LogP contribution in [0.1, 0.15) is 32.9 Å². The third kappa shape index (κ3) is 5.23. The second-order valence-corrected chi connectivity index (χ2v) is 7.85. The topological polar surface area (TPSA) is 103 Å². The van der Waals surface area contributed by atoms with Crippen molar-refractivity contribution in [2.75, 3.05) is 32.0 Å². The Morgan fingerprint density at radius 1 is 1.40 bits per heavy atom. The van der Waals surface area contributed by atoms with Gasteiger partial charge in [0.2, 0.25) is 17.7 Å². The van der Waals surface area contributed by atoms with Crippen LogP contribution in [0.3, 0.4) is 0 Å². The minimum atomic E-state index is -0.638. The van der Waals surface area contributed by atoms with E-state index in [2.05, 4.69) is 41.7 Å². The molecule has 0 radical (unpaired) electrons. The van der Waals surface area contributed by atoms with Crippen LogP contribution in [-0.2, 0) is 19.8 Å². The van der Waals surface area contributed by atoms with Crippen LogP contribution in [0.2, 0.25) is 0 Å². The zero-order valence-electron chi connectivity index (χ0n) is 15.0. The van der Waals surface area contributed by atoms with Gasteiger partial charge in [-0.1, -0.05) is 20.8 Å². The largest absolute Gasteiger partial charge is 0.359 e. The Morgan fingerprint density at radius 2 is 2.12 bits per heavy atom. The predicted molar refractivity (Wildman–Crippen MR) is 96.5 cm³/mol. The molecule has 3 amide bonds. The first-order chi connectivity index (χ1) is 11.7. The van der Waals surface area contributed by atoms with Crippen molar-refractivity contribution in [3.63, 3.8) is 0 Å². The first kappa shape index (κ1) is 19.3. The van der Waals surface area contributed by atoms with Crippen LogP contribution in [0.5, 0.6) is 0 Å². The number of hydrogen-bond donors (Lipinski definition) is 3. The molecule has 1 atom stereocenters. The van der Waals surface area contributed by atoms with Crippen molar-refractivity contribution in [2.45, 2.75) is 38.6 Å². The molecule has 1 aliphatic rings. The van der Waals surface area contributed by atoms with Gasteiger partial charge in [0, 0.05) is 30.9 Å². The first-order valence-corrected chi connectivity index (χ1v) is 9.07. The Labute approximate surface area is 151 Å². The van der Waals surface area contributed by atoms with Gasteiger partial charge in [-0.05, 0) is 0 Å². The lowest BCUT2D eigenvalue weighted by molar-refractivity contribution is -0.135. The summed E-state index contributed by atoms with van der Waals surface area (Å²) in [4.78, 5) is 42.1. The normalized spacial score (nSPS) is 18.6. The summed E-state index contributed by atoms with van der Waals surface area (Å²) < 4.78 is 0. The van der Waals surface area contributed by atoms with Crippen LogP contribution in [0.15, 0.2) is 5.38 Å². The number of rotatable bonds is 5. The van der Waals surface area contributed by atoms with Gasteiger partial charge in [-0.15, -0.1) is 11.3 Å². The molecule has 1 aromatic rings. The van der Waals surface area contributed by atoms with E-state index < -0.39 is 6.04 Å². The highest BCUT2D eigenvalue weighted by atomic mass is 32.1. The molecule has 9 heteroatoms. The molecule has 0 spiro atoms. The van der Waals surface area contributed by atoms with Crippen molar-refractivity contribution in [1.82, 2.24) is 20.5 Å². The number of carbonyl (C=O) groups is 3. The van der Waals surface area contributed by atoms with E-state index in [9.17, 15) is 14.4 Å². The summed E-state index contributed by atoms with van der Waals surface area (Å²) in [6.45, 7) is 7.20. The summed E-state index contributed by atoms with van der Waals surface area (Å²) >= 11 is 1.38. The van der Waals surface area contributed by atoms with E-state index in [0.717, 1.165) is 5.69 Å². The Bertz CT molecular complexity index is 652. The molecule has 1 aliphatic heterocycles. The Morgan fingerprint density at radius 3 is 2.72 bits per heavy atom. The third-order valence-corrected chi connectivity index (χ3v) is 4.72. The van der Waals surface area contributed by atoms with Crippen LogP contribution >= 0.6 is 11.3 Å². The molecule has 1 aromatic heterocycles. The minimum Gasteiger partial charge on any atom is -0.359 e. The summed E-state index contributed by atoms with van der Waals surface area (Å²) in [5.41, 5.74) is 0.839. The molecule has 1 fully saturated rings. The lowest BCUT2D eigenvalue weighted by atomic mass is 9.93. The summed E-state index contributed by atoms with van der Waals surface area (Å²) in [6, 6.07) is -0.638. The monoisotopic (exact) mass is 367 g/mol. The lowest BCUT2D eigenvalue weighted by Crippen LogP contribution is -2.57. The van der Waals surface area contributed by atoms with Gasteiger partial charge >= 0.3 is 0 Å². The molecule has 0 bridgehead atoms. The average molecular weight is 367 g/mol. The van der Waals surface area contributed by atoms with E-state index in [1.807, 2.05) is 5.38 Å². The van der Waals surface area contributed by atoms with E-state index in [0.29, 0.717) is 18.2 Å². The predicted octanol–water partition coefficient (Wildman–Crippen LogP) is 0.316. The highest BCUT2D eigenvalue weighted by Gasteiger charge is 2.32. The Balaban J connectivity index is 1.98. The number of thiazole rings is 1. The van der Waals surface area contributed by atoms with Gasteiger partial charge in [-0.3, -0.25) is 19.3 Å². The van der Waals surface area contributed by atoms with Crippen molar-refractivity contribution in [3.05, 3.63) is 11.1 Å². The van der Waals surface area contributed by atoms with Gasteiger partial charge in [-0.2, -0.15) is 0 Å². The van der Waals surface area contributed by atoms with Gasteiger partial charge in [-0.25, -0.2) is 4.98 Å². The number of hydrogen-bond acceptors (Lipinski definition) is 6. The second-order valence-electron chi connectivity index (χ2n) is 6.99. The average Bonchev–Trinajstić information content (AvgIpc) is 2.99. The summed E-state index contributed by atoms with van der Waals surface area (Å²) in [6.07, 6.45) is 0.0288. The fourth-order valence-electron chi connectivity index (χ4n) is 2.47. The van der Waals surface area contributed by atoms with E-state index >= 15 is 0 Å². The van der Waals surface area contributed by atoms with Crippen molar-refractivity contribution in [3.8, 4) is 0 Å². The number of nitrogens with one attached hydrogen (secondary N) is 3. The molecule has 3 N–H and O–H groups in total. The zero-order valence-corrected chi connectivity index (χ0v) is 15.8. The second kappa shape index (κ2) is 7.92. The highest BCUT2D eigenvalue weighted by molar-refractivity contribution is 7.13. The minimum absolute atomic E-state index is 0.0288. The van der Waals surface area contributed by atoms with Crippen LogP contribution < -0.4 is 16.0 Å². The van der Waals surface area contributed by atoms with Gasteiger partial charge in [0.25, 0.3) is 0 Å². The van der Waals surface area contributed by atoms with Gasteiger partial charge in [0.1, 0.15) is 0 Å². The maximum Gasteiger partial charge on any atom is 0.240 e. The van der Waals surface area contributed by atoms with E-state index in [1.54, 1.807) is 4.90 Å². The van der Waals surface area contributed by atoms with Crippen molar-refractivity contribution in [1.29, 1.82) is 0 Å². The summed E-state index contributed by atoms with van der Waals surface area (Å²) in [5.74, 6) is -0.708. The molecule has 0 saturated carbocycles. The van der Waals surface area contributed by atoms with Crippen molar-refractivity contribution >= 4 is 34.2 Å². The molecular formula is C16H25N5O3S. The molecule has 0 aliphatic carbocycles. The van der Waals surface area contributed by atoms with Gasteiger partial charge in [0.05, 0.1) is 24.7 Å². The number of aromatic nitrogens is 1. The maximum atomic E-state index is 12.3. The smallest absolute Gasteiger partial charge is 0.240 e. The molecule has 1 saturated heterocycles. The third-order valence-electron chi connectivity index (χ3n) is 3.96. The standard InChI is InChI=1S/C16H25N5O3S/c1-16(2,3)11-9-25-15(19-11)20-13(23)8-21-6-5-18-14(24)10(21)7-12(22)17-4/h9-10H,5-8H2,1-4H3,(H,17,22)(H,18,24)(H,19,20,23). The Hall–Kier alpha value is -2.00. The zero-order chi connectivity index (χ0) is 18.6. The molecule has 138 valence electrons. The summed E-state index contributed by atoms with van der Waals surface area (Å²) in [5, 5.41) is 10.5. The molecule has 25 heavy (non-hydrogen) atoms. The SMILES string of the molecule is CNC(=O)CC1C(=O)NCCN1CC(=O)Nc1nc(C(C)(C)C)cs1. The maximum absolute atomic E-state index is 12.3. The van der Waals surface area contributed by atoms with Crippen molar-refractivity contribution in [2.24, 2.45) is 0 Å². The van der Waals surface area contributed by atoms with E-state index in [4.69, 9.17) is 0 Å². The van der Waals surface area contributed by atoms with Crippen LogP contribution in [0.25, 0.3) is 0 Å². The molecular weight excluding hydrogens is 342 g/mol. The van der Waals surface area contributed by atoms with Crippen molar-refractivity contribution < 1.29 is 14.4 Å². The molecule has 2 heterocycles. The Kier molecular flexibility index (Phi) is 6.12. The fraction of sp³-hybridized carbons (Fsp3) is 0.625. The number of amides is 3.